The van der Waals surface area contributed by atoms with E-state index in [1.807, 2.05) is 0 Å². The summed E-state index contributed by atoms with van der Waals surface area (Å²) >= 11 is 1.73. The predicted molar refractivity (Wildman–Crippen MR) is 60.5 cm³/mol. The van der Waals surface area contributed by atoms with E-state index < -0.39 is 0 Å². The summed E-state index contributed by atoms with van der Waals surface area (Å²) < 4.78 is 5.14. The van der Waals surface area contributed by atoms with Gasteiger partial charge in [-0.25, -0.2) is 0 Å². The number of Topliss-reactive ketones (excluding diaryl/α,β-unsaturated/α-hetero) is 1. The van der Waals surface area contributed by atoms with Gasteiger partial charge in [-0.05, 0) is 19.3 Å². The summed E-state index contributed by atoms with van der Waals surface area (Å²) in [5.41, 5.74) is 0.868. The largest absolute Gasteiger partial charge is 0.501 e. The third kappa shape index (κ3) is 3.74. The Morgan fingerprint density at radius 3 is 3.07 bits per heavy atom. The fraction of sp³-hybridized carbons (Fsp3) is 0.727. The summed E-state index contributed by atoms with van der Waals surface area (Å²) in [6.45, 7) is 5.06. The van der Waals surface area contributed by atoms with Crippen molar-refractivity contribution < 1.29 is 9.53 Å². The molecule has 1 rings (SSSR count). The van der Waals surface area contributed by atoms with Crippen LogP contribution in [0.25, 0.3) is 0 Å². The minimum Gasteiger partial charge on any atom is -0.501 e. The van der Waals surface area contributed by atoms with Crippen molar-refractivity contribution >= 4 is 17.5 Å². The Morgan fingerprint density at radius 1 is 1.71 bits per heavy atom. The maximum Gasteiger partial charge on any atom is 0.171 e. The van der Waals surface area contributed by atoms with Crippen molar-refractivity contribution in [3.8, 4) is 0 Å². The number of hydrogen-bond donors (Lipinski definition) is 0. The first-order valence-corrected chi connectivity index (χ1v) is 6.24. The molecule has 0 saturated carbocycles. The van der Waals surface area contributed by atoms with Gasteiger partial charge in [-0.2, -0.15) is 11.8 Å². The Kier molecular flexibility index (Phi) is 5.09. The van der Waals surface area contributed by atoms with Crippen molar-refractivity contribution in [2.75, 3.05) is 12.4 Å². The second kappa shape index (κ2) is 6.12. The molecule has 0 radical (unpaired) electrons. The zero-order valence-corrected chi connectivity index (χ0v) is 9.73. The van der Waals surface area contributed by atoms with Crippen LogP contribution in [0.5, 0.6) is 0 Å². The fourth-order valence-electron chi connectivity index (χ4n) is 1.20. The van der Waals surface area contributed by atoms with Crippen LogP contribution >= 0.6 is 11.8 Å². The Labute approximate surface area is 90.1 Å². The highest BCUT2D eigenvalue weighted by Crippen LogP contribution is 2.18. The van der Waals surface area contributed by atoms with Gasteiger partial charge in [-0.3, -0.25) is 4.79 Å². The average molecular weight is 214 g/mol. The molecule has 80 valence electrons. The molecule has 0 aromatic heterocycles. The van der Waals surface area contributed by atoms with Gasteiger partial charge in [0.25, 0.3) is 0 Å². The maximum absolute atomic E-state index is 11.6. The Bertz CT molecular complexity index is 223. The van der Waals surface area contributed by atoms with Gasteiger partial charge >= 0.3 is 0 Å². The molecule has 0 spiro atoms. The van der Waals surface area contributed by atoms with Crippen LogP contribution in [0.4, 0.5) is 0 Å². The monoisotopic (exact) mass is 214 g/mol. The molecule has 0 bridgehead atoms. The SMILES string of the molecule is CCC(C)SCC(=O)C1=COCCC1. The molecule has 0 aliphatic carbocycles. The summed E-state index contributed by atoms with van der Waals surface area (Å²) in [4.78, 5) is 11.6. The first kappa shape index (κ1) is 11.6. The standard InChI is InChI=1S/C11H18O2S/c1-3-9(2)14-8-11(12)10-5-4-6-13-7-10/h7,9H,3-6,8H2,1-2H3. The van der Waals surface area contributed by atoms with Crippen LogP contribution in [0.3, 0.4) is 0 Å². The van der Waals surface area contributed by atoms with E-state index in [4.69, 9.17) is 4.74 Å². The van der Waals surface area contributed by atoms with Crippen molar-refractivity contribution in [2.24, 2.45) is 0 Å². The Morgan fingerprint density at radius 2 is 2.50 bits per heavy atom. The zero-order chi connectivity index (χ0) is 10.4. The van der Waals surface area contributed by atoms with Crippen molar-refractivity contribution in [3.63, 3.8) is 0 Å². The van der Waals surface area contributed by atoms with Crippen molar-refractivity contribution in [3.05, 3.63) is 11.8 Å². The molecule has 1 aliphatic heterocycles. The second-order valence-corrected chi connectivity index (χ2v) is 5.00. The number of thioether (sulfide) groups is 1. The van der Waals surface area contributed by atoms with Gasteiger partial charge in [0, 0.05) is 10.8 Å². The molecule has 1 unspecified atom stereocenters. The van der Waals surface area contributed by atoms with Gasteiger partial charge in [0.1, 0.15) is 0 Å². The molecule has 0 aromatic carbocycles. The van der Waals surface area contributed by atoms with Crippen LogP contribution < -0.4 is 0 Å². The first-order chi connectivity index (χ1) is 6.74. The smallest absolute Gasteiger partial charge is 0.171 e. The normalized spacial score (nSPS) is 18.3. The summed E-state index contributed by atoms with van der Waals surface area (Å²) in [5, 5.41) is 0.573. The molecule has 0 aromatic rings. The average Bonchev–Trinajstić information content (AvgIpc) is 2.26. The summed E-state index contributed by atoms with van der Waals surface area (Å²) in [6, 6.07) is 0. The van der Waals surface area contributed by atoms with E-state index in [0.29, 0.717) is 11.0 Å². The number of carbonyl (C=O) groups excluding carboxylic acids is 1. The number of allylic oxidation sites excluding steroid dienone is 1. The minimum atomic E-state index is 0.245. The van der Waals surface area contributed by atoms with Crippen LogP contribution in [0.2, 0.25) is 0 Å². The summed E-state index contributed by atoms with van der Waals surface area (Å²) in [5.74, 6) is 0.847. The number of ether oxygens (including phenoxy) is 1. The number of carbonyl (C=O) groups is 1. The molecule has 0 N–H and O–H groups in total. The molecule has 1 atom stereocenters. The van der Waals surface area contributed by atoms with Crippen LogP contribution in [0.1, 0.15) is 33.1 Å². The highest BCUT2D eigenvalue weighted by molar-refractivity contribution is 8.00. The van der Waals surface area contributed by atoms with Crippen molar-refractivity contribution in [2.45, 2.75) is 38.4 Å². The molecule has 2 nitrogen and oxygen atoms in total. The molecule has 0 amide bonds. The molecular formula is C11H18O2S. The molecule has 3 heteroatoms. The van der Waals surface area contributed by atoms with Gasteiger partial charge in [0.15, 0.2) is 5.78 Å². The lowest BCUT2D eigenvalue weighted by Gasteiger charge is -2.13. The van der Waals surface area contributed by atoms with E-state index in [-0.39, 0.29) is 5.78 Å². The molecule has 0 saturated heterocycles. The van der Waals surface area contributed by atoms with Crippen LogP contribution in [0, 0.1) is 0 Å². The molecular weight excluding hydrogens is 196 g/mol. The lowest BCUT2D eigenvalue weighted by molar-refractivity contribution is -0.113. The number of ketones is 1. The lowest BCUT2D eigenvalue weighted by Crippen LogP contribution is -2.12. The van der Waals surface area contributed by atoms with Gasteiger partial charge in [0.2, 0.25) is 0 Å². The topological polar surface area (TPSA) is 26.3 Å². The van der Waals surface area contributed by atoms with Crippen molar-refractivity contribution in [1.29, 1.82) is 0 Å². The van der Waals surface area contributed by atoms with E-state index in [9.17, 15) is 4.79 Å². The van der Waals surface area contributed by atoms with Crippen LogP contribution in [-0.2, 0) is 9.53 Å². The molecule has 1 heterocycles. The minimum absolute atomic E-state index is 0.245. The van der Waals surface area contributed by atoms with E-state index in [0.717, 1.165) is 31.4 Å². The Hall–Kier alpha value is -0.440. The van der Waals surface area contributed by atoms with E-state index in [1.54, 1.807) is 18.0 Å². The zero-order valence-electron chi connectivity index (χ0n) is 8.91. The highest BCUT2D eigenvalue weighted by atomic mass is 32.2. The van der Waals surface area contributed by atoms with Gasteiger partial charge in [0.05, 0.1) is 18.6 Å². The summed E-state index contributed by atoms with van der Waals surface area (Å²) in [6.07, 6.45) is 4.63. The van der Waals surface area contributed by atoms with E-state index in [1.165, 1.54) is 0 Å². The third-order valence-corrected chi connectivity index (χ3v) is 3.70. The van der Waals surface area contributed by atoms with Crippen LogP contribution in [0.15, 0.2) is 11.8 Å². The summed E-state index contributed by atoms with van der Waals surface area (Å²) in [7, 11) is 0. The van der Waals surface area contributed by atoms with Crippen molar-refractivity contribution in [1.82, 2.24) is 0 Å². The predicted octanol–water partition coefficient (Wildman–Crippen LogP) is 2.78. The van der Waals surface area contributed by atoms with E-state index >= 15 is 0 Å². The van der Waals surface area contributed by atoms with Gasteiger partial charge in [-0.15, -0.1) is 0 Å². The number of hydrogen-bond acceptors (Lipinski definition) is 3. The maximum atomic E-state index is 11.6. The van der Waals surface area contributed by atoms with Crippen LogP contribution in [-0.4, -0.2) is 23.4 Å². The quantitative estimate of drug-likeness (QED) is 0.704. The highest BCUT2D eigenvalue weighted by Gasteiger charge is 2.14. The van der Waals surface area contributed by atoms with Gasteiger partial charge in [-0.1, -0.05) is 13.8 Å². The Balaban J connectivity index is 2.30. The molecule has 14 heavy (non-hydrogen) atoms. The fourth-order valence-corrected chi connectivity index (χ4v) is 2.06. The van der Waals surface area contributed by atoms with E-state index in [2.05, 4.69) is 13.8 Å². The third-order valence-electron chi connectivity index (χ3n) is 2.37. The van der Waals surface area contributed by atoms with Gasteiger partial charge < -0.3 is 4.74 Å². The second-order valence-electron chi connectivity index (χ2n) is 3.57. The number of rotatable bonds is 5. The first-order valence-electron chi connectivity index (χ1n) is 5.19. The molecule has 0 fully saturated rings. The lowest BCUT2D eigenvalue weighted by atomic mass is 10.1. The molecule has 1 aliphatic rings.